The zero-order valence-electron chi connectivity index (χ0n) is 13.1. The third-order valence-electron chi connectivity index (χ3n) is 3.75. The molecule has 2 aromatic rings. The van der Waals surface area contributed by atoms with Crippen molar-refractivity contribution < 1.29 is 9.53 Å². The maximum atomic E-state index is 12.5. The molecule has 3 rings (SSSR count). The second-order valence-electron chi connectivity index (χ2n) is 5.68. The molecule has 0 N–H and O–H groups in total. The molecule has 1 saturated heterocycles. The van der Waals surface area contributed by atoms with E-state index in [9.17, 15) is 4.79 Å². The van der Waals surface area contributed by atoms with E-state index in [0.717, 1.165) is 17.2 Å². The lowest BCUT2D eigenvalue weighted by Gasteiger charge is -2.31. The summed E-state index contributed by atoms with van der Waals surface area (Å²) in [5, 5.41) is 4.40. The summed E-state index contributed by atoms with van der Waals surface area (Å²) in [7, 11) is 0. The fourth-order valence-corrected chi connectivity index (χ4v) is 2.68. The topological polar surface area (TPSA) is 60.2 Å². The van der Waals surface area contributed by atoms with Crippen LogP contribution in [-0.4, -0.2) is 51.4 Å². The van der Waals surface area contributed by atoms with E-state index in [2.05, 4.69) is 10.1 Å². The lowest BCUT2D eigenvalue weighted by molar-refractivity contribution is -0.0124. The predicted octanol–water partition coefficient (Wildman–Crippen LogP) is 1.75. The Morgan fingerprint density at radius 2 is 2.18 bits per heavy atom. The van der Waals surface area contributed by atoms with E-state index in [4.69, 9.17) is 4.74 Å². The van der Waals surface area contributed by atoms with Gasteiger partial charge in [-0.25, -0.2) is 9.67 Å². The van der Waals surface area contributed by atoms with Crippen molar-refractivity contribution in [3.8, 4) is 5.82 Å². The highest BCUT2D eigenvalue weighted by molar-refractivity contribution is 5.94. The molecule has 1 aliphatic rings. The van der Waals surface area contributed by atoms with Crippen molar-refractivity contribution in [2.45, 2.75) is 26.9 Å². The van der Waals surface area contributed by atoms with Gasteiger partial charge >= 0.3 is 0 Å². The molecule has 2 aromatic heterocycles. The van der Waals surface area contributed by atoms with Crippen LogP contribution in [0.15, 0.2) is 24.4 Å². The van der Waals surface area contributed by atoms with Crippen molar-refractivity contribution in [2.24, 2.45) is 0 Å². The van der Waals surface area contributed by atoms with E-state index in [-0.39, 0.29) is 12.0 Å². The number of rotatable bonds is 2. The predicted molar refractivity (Wildman–Crippen MR) is 82.2 cm³/mol. The molecule has 0 aliphatic carbocycles. The fourth-order valence-electron chi connectivity index (χ4n) is 2.68. The molecule has 6 heteroatoms. The van der Waals surface area contributed by atoms with Crippen molar-refractivity contribution >= 4 is 5.91 Å². The number of hydrogen-bond acceptors (Lipinski definition) is 4. The van der Waals surface area contributed by atoms with Gasteiger partial charge in [-0.3, -0.25) is 4.79 Å². The Hall–Kier alpha value is -2.21. The van der Waals surface area contributed by atoms with Crippen LogP contribution in [0.25, 0.3) is 5.82 Å². The summed E-state index contributed by atoms with van der Waals surface area (Å²) < 4.78 is 7.24. The van der Waals surface area contributed by atoms with Crippen LogP contribution in [0.4, 0.5) is 0 Å². The molecule has 0 saturated carbocycles. The fraction of sp³-hybridized carbons (Fsp3) is 0.438. The average molecular weight is 300 g/mol. The van der Waals surface area contributed by atoms with E-state index in [0.29, 0.717) is 25.3 Å². The van der Waals surface area contributed by atoms with Crippen LogP contribution in [-0.2, 0) is 4.74 Å². The summed E-state index contributed by atoms with van der Waals surface area (Å²) in [6, 6.07) is 5.63. The molecule has 6 nitrogen and oxygen atoms in total. The number of pyridine rings is 1. The Bertz CT molecular complexity index is 678. The first-order valence-electron chi connectivity index (χ1n) is 7.45. The first-order valence-corrected chi connectivity index (χ1v) is 7.45. The molecule has 0 spiro atoms. The molecule has 1 amide bonds. The summed E-state index contributed by atoms with van der Waals surface area (Å²) in [6.45, 7) is 7.74. The van der Waals surface area contributed by atoms with Crippen LogP contribution in [0.3, 0.4) is 0 Å². The quantitative estimate of drug-likeness (QED) is 0.847. The lowest BCUT2D eigenvalue weighted by atomic mass is 10.2. The SMILES string of the molecule is Cc1cc(C)n(-c2ccc(C(=O)N3CCO[C@H](C)C3)cn2)n1. The largest absolute Gasteiger partial charge is 0.375 e. The number of aryl methyl sites for hydroxylation is 2. The molecule has 0 radical (unpaired) electrons. The number of aromatic nitrogens is 3. The van der Waals surface area contributed by atoms with Gasteiger partial charge in [-0.1, -0.05) is 0 Å². The van der Waals surface area contributed by atoms with Gasteiger partial charge in [-0.15, -0.1) is 0 Å². The van der Waals surface area contributed by atoms with E-state index < -0.39 is 0 Å². The van der Waals surface area contributed by atoms with Crippen LogP contribution in [0.2, 0.25) is 0 Å². The smallest absolute Gasteiger partial charge is 0.255 e. The molecule has 1 aliphatic heterocycles. The number of ether oxygens (including phenoxy) is 1. The van der Waals surface area contributed by atoms with Gasteiger partial charge in [0.05, 0.1) is 24.0 Å². The highest BCUT2D eigenvalue weighted by Gasteiger charge is 2.22. The van der Waals surface area contributed by atoms with Gasteiger partial charge in [-0.2, -0.15) is 5.10 Å². The minimum atomic E-state index is 0.00238. The highest BCUT2D eigenvalue weighted by atomic mass is 16.5. The summed E-state index contributed by atoms with van der Waals surface area (Å²) in [4.78, 5) is 18.7. The Kier molecular flexibility index (Phi) is 3.94. The number of morpholine rings is 1. The average Bonchev–Trinajstić information content (AvgIpc) is 2.85. The van der Waals surface area contributed by atoms with E-state index >= 15 is 0 Å². The third-order valence-corrected chi connectivity index (χ3v) is 3.75. The summed E-state index contributed by atoms with van der Waals surface area (Å²) in [5.74, 6) is 0.722. The normalized spacial score (nSPS) is 18.5. The van der Waals surface area contributed by atoms with E-state index in [1.54, 1.807) is 16.9 Å². The minimum Gasteiger partial charge on any atom is -0.375 e. The van der Waals surface area contributed by atoms with Crippen LogP contribution in [0, 0.1) is 13.8 Å². The van der Waals surface area contributed by atoms with Crippen molar-refractivity contribution in [1.82, 2.24) is 19.7 Å². The van der Waals surface area contributed by atoms with Crippen LogP contribution in [0.5, 0.6) is 0 Å². The van der Waals surface area contributed by atoms with Gasteiger partial charge in [0, 0.05) is 25.0 Å². The first-order chi connectivity index (χ1) is 10.5. The highest BCUT2D eigenvalue weighted by Crippen LogP contribution is 2.13. The summed E-state index contributed by atoms with van der Waals surface area (Å²) >= 11 is 0. The molecule has 0 unspecified atom stereocenters. The van der Waals surface area contributed by atoms with Gasteiger partial charge in [0.1, 0.15) is 0 Å². The zero-order valence-corrected chi connectivity index (χ0v) is 13.1. The molecule has 3 heterocycles. The summed E-state index contributed by atoms with van der Waals surface area (Å²) in [6.07, 6.45) is 1.70. The molecule has 1 atom stereocenters. The summed E-state index contributed by atoms with van der Waals surface area (Å²) in [5.41, 5.74) is 2.56. The lowest BCUT2D eigenvalue weighted by Crippen LogP contribution is -2.44. The third kappa shape index (κ3) is 2.87. The second kappa shape index (κ2) is 5.88. The maximum Gasteiger partial charge on any atom is 0.255 e. The molecule has 0 aromatic carbocycles. The first kappa shape index (κ1) is 14.7. The van der Waals surface area contributed by atoms with Crippen LogP contribution < -0.4 is 0 Å². The molecular formula is C16H20N4O2. The number of carbonyl (C=O) groups excluding carboxylic acids is 1. The monoisotopic (exact) mass is 300 g/mol. The number of hydrogen-bond donors (Lipinski definition) is 0. The number of nitrogens with zero attached hydrogens (tertiary/aromatic N) is 4. The number of carbonyl (C=O) groups is 1. The van der Waals surface area contributed by atoms with Crippen molar-refractivity contribution in [2.75, 3.05) is 19.7 Å². The minimum absolute atomic E-state index is 0.00238. The van der Waals surface area contributed by atoms with Crippen molar-refractivity contribution in [3.63, 3.8) is 0 Å². The molecular weight excluding hydrogens is 280 g/mol. The standard InChI is InChI=1S/C16H20N4O2/c1-11-8-12(2)20(18-11)15-5-4-14(9-17-15)16(21)19-6-7-22-13(3)10-19/h4-5,8-9,13H,6-7,10H2,1-3H3/t13-/m1/s1. The van der Waals surface area contributed by atoms with E-state index in [1.165, 1.54) is 0 Å². The molecule has 1 fully saturated rings. The van der Waals surface area contributed by atoms with Crippen molar-refractivity contribution in [3.05, 3.63) is 41.3 Å². The van der Waals surface area contributed by atoms with Gasteiger partial charge in [0.2, 0.25) is 0 Å². The number of amides is 1. The van der Waals surface area contributed by atoms with Crippen molar-refractivity contribution in [1.29, 1.82) is 0 Å². The van der Waals surface area contributed by atoms with Crippen LogP contribution >= 0.6 is 0 Å². The Morgan fingerprint density at radius 3 is 2.77 bits per heavy atom. The maximum absolute atomic E-state index is 12.5. The van der Waals surface area contributed by atoms with Gasteiger partial charge in [-0.05, 0) is 39.0 Å². The van der Waals surface area contributed by atoms with Gasteiger partial charge in [0.25, 0.3) is 5.91 Å². The molecule has 116 valence electrons. The Labute approximate surface area is 129 Å². The second-order valence-corrected chi connectivity index (χ2v) is 5.68. The molecule has 0 bridgehead atoms. The Balaban J connectivity index is 1.79. The van der Waals surface area contributed by atoms with E-state index in [1.807, 2.05) is 37.8 Å². The van der Waals surface area contributed by atoms with Gasteiger partial charge in [0.15, 0.2) is 5.82 Å². The van der Waals surface area contributed by atoms with Crippen LogP contribution in [0.1, 0.15) is 28.7 Å². The van der Waals surface area contributed by atoms with Gasteiger partial charge < -0.3 is 9.64 Å². The Morgan fingerprint density at radius 1 is 1.36 bits per heavy atom. The molecule has 22 heavy (non-hydrogen) atoms. The zero-order chi connectivity index (χ0) is 15.7.